The van der Waals surface area contributed by atoms with Crippen LogP contribution in [0.2, 0.25) is 0 Å². The van der Waals surface area contributed by atoms with Gasteiger partial charge in [0.25, 0.3) is 0 Å². The summed E-state index contributed by atoms with van der Waals surface area (Å²) in [6, 6.07) is 0. The van der Waals surface area contributed by atoms with Crippen LogP contribution < -0.4 is 5.32 Å². The van der Waals surface area contributed by atoms with Gasteiger partial charge >= 0.3 is 0 Å². The molecule has 0 fully saturated rings. The van der Waals surface area contributed by atoms with Crippen LogP contribution >= 0.6 is 11.3 Å². The summed E-state index contributed by atoms with van der Waals surface area (Å²) in [5.41, 5.74) is 1.15. The average molecular weight is 421 g/mol. The lowest BCUT2D eigenvalue weighted by atomic mass is 9.87. The number of unbranched alkanes of at least 4 members (excludes halogenated alkanes) is 3. The third-order valence-corrected chi connectivity index (χ3v) is 6.73. The normalized spacial score (nSPS) is 15.7. The van der Waals surface area contributed by atoms with Crippen LogP contribution in [0.1, 0.15) is 101 Å². The molecule has 1 aromatic heterocycles. The van der Waals surface area contributed by atoms with E-state index in [1.165, 1.54) is 30.6 Å². The van der Waals surface area contributed by atoms with E-state index in [4.69, 9.17) is 0 Å². The molecule has 1 aliphatic rings. The van der Waals surface area contributed by atoms with Crippen molar-refractivity contribution in [1.29, 1.82) is 0 Å². The Labute approximate surface area is 179 Å². The number of thiazole rings is 1. The van der Waals surface area contributed by atoms with E-state index >= 15 is 0 Å². The molecule has 0 bridgehead atoms. The molecule has 0 radical (unpaired) electrons. The summed E-state index contributed by atoms with van der Waals surface area (Å²) in [5.74, 6) is 1.04. The number of aromatic nitrogens is 1. The first kappa shape index (κ1) is 23.7. The average Bonchev–Trinajstić information content (AvgIpc) is 3.11. The van der Waals surface area contributed by atoms with Gasteiger partial charge in [0, 0.05) is 37.0 Å². The van der Waals surface area contributed by atoms with E-state index in [9.17, 15) is 14.4 Å². The third kappa shape index (κ3) is 8.77. The predicted octanol–water partition coefficient (Wildman–Crippen LogP) is 5.66. The number of ketones is 2. The van der Waals surface area contributed by atoms with E-state index in [1.54, 1.807) is 11.3 Å². The van der Waals surface area contributed by atoms with Gasteiger partial charge < -0.3 is 5.32 Å². The van der Waals surface area contributed by atoms with E-state index in [2.05, 4.69) is 17.2 Å². The molecule has 0 aromatic carbocycles. The van der Waals surface area contributed by atoms with Crippen molar-refractivity contribution in [2.75, 3.05) is 5.32 Å². The monoisotopic (exact) mass is 420 g/mol. The number of fused-ring (bicyclic) bond motifs is 1. The quantitative estimate of drug-likeness (QED) is 0.394. The molecule has 0 saturated heterocycles. The highest BCUT2D eigenvalue weighted by Gasteiger charge is 2.22. The molecule has 0 spiro atoms. The second-order valence-corrected chi connectivity index (χ2v) is 9.26. The van der Waals surface area contributed by atoms with E-state index in [1.807, 2.05) is 6.92 Å². The number of nitrogens with one attached hydrogen (secondary N) is 1. The largest absolute Gasteiger partial charge is 0.302 e. The zero-order valence-corrected chi connectivity index (χ0v) is 18.9. The molecule has 162 valence electrons. The molecule has 5 nitrogen and oxygen atoms in total. The first-order chi connectivity index (χ1) is 14.0. The number of aryl methyl sites for hydroxylation is 1. The molecule has 0 aliphatic heterocycles. The van der Waals surface area contributed by atoms with Gasteiger partial charge in [-0.2, -0.15) is 0 Å². The van der Waals surface area contributed by atoms with Gasteiger partial charge in [-0.1, -0.05) is 39.5 Å². The molecular formula is C23H36N2O3S. The van der Waals surface area contributed by atoms with Crippen molar-refractivity contribution in [2.45, 2.75) is 104 Å². The minimum Gasteiger partial charge on any atom is -0.302 e. The van der Waals surface area contributed by atoms with Crippen LogP contribution in [-0.2, 0) is 27.2 Å². The van der Waals surface area contributed by atoms with Gasteiger partial charge in [0.2, 0.25) is 5.91 Å². The van der Waals surface area contributed by atoms with Crippen molar-refractivity contribution in [2.24, 2.45) is 5.92 Å². The second-order valence-electron chi connectivity index (χ2n) is 8.18. The van der Waals surface area contributed by atoms with Crippen LogP contribution in [-0.4, -0.2) is 22.5 Å². The number of carbonyl (C=O) groups is 3. The fourth-order valence-electron chi connectivity index (χ4n) is 3.79. The molecule has 1 heterocycles. The molecule has 1 aliphatic carbocycles. The Hall–Kier alpha value is -1.56. The Kier molecular flexibility index (Phi) is 10.5. The molecule has 1 N–H and O–H groups in total. The number of anilines is 1. The molecule has 1 aromatic rings. The predicted molar refractivity (Wildman–Crippen MR) is 118 cm³/mol. The number of hydrogen-bond donors (Lipinski definition) is 1. The number of carbonyl (C=O) groups excluding carboxylic acids is 3. The standard InChI is InChI=1S/C23H36N2O3S/c1-3-5-9-17-12-14-20-21(16-17)29-23(24-20)25-22(28)15-13-19(27)11-8-6-7-10-18(26)4-2/h17H,3-16H2,1-2H3,(H,24,25,28)/t17-/m0/s1. The van der Waals surface area contributed by atoms with E-state index in [0.717, 1.165) is 43.7 Å². The lowest BCUT2D eigenvalue weighted by molar-refractivity contribution is -0.123. The van der Waals surface area contributed by atoms with Gasteiger partial charge in [-0.3, -0.25) is 14.4 Å². The summed E-state index contributed by atoms with van der Waals surface area (Å²) in [7, 11) is 0. The number of Topliss-reactive ketones (excluding diaryl/α,β-unsaturated/α-hetero) is 2. The minimum atomic E-state index is -0.125. The van der Waals surface area contributed by atoms with Crippen molar-refractivity contribution >= 4 is 33.9 Å². The molecule has 1 amide bonds. The van der Waals surface area contributed by atoms with Crippen LogP contribution in [0.4, 0.5) is 5.13 Å². The SMILES string of the molecule is CCCC[C@H]1CCc2nc(NC(=O)CCC(=O)CCCCCC(=O)CC)sc2C1. The maximum atomic E-state index is 12.2. The number of rotatable bonds is 14. The summed E-state index contributed by atoms with van der Waals surface area (Å²) in [6.07, 6.45) is 11.9. The van der Waals surface area contributed by atoms with Crippen LogP contribution in [0.25, 0.3) is 0 Å². The van der Waals surface area contributed by atoms with Crippen molar-refractivity contribution in [3.05, 3.63) is 10.6 Å². The lowest BCUT2D eigenvalue weighted by Gasteiger charge is -2.20. The second kappa shape index (κ2) is 12.9. The van der Waals surface area contributed by atoms with Crippen molar-refractivity contribution in [3.8, 4) is 0 Å². The van der Waals surface area contributed by atoms with Crippen LogP contribution in [0, 0.1) is 5.92 Å². The summed E-state index contributed by atoms with van der Waals surface area (Å²) in [6.45, 7) is 4.11. The number of nitrogens with zero attached hydrogens (tertiary/aromatic N) is 1. The number of amides is 1. The number of hydrogen-bond acceptors (Lipinski definition) is 5. The highest BCUT2D eigenvalue weighted by Crippen LogP contribution is 2.34. The Morgan fingerprint density at radius 1 is 1.00 bits per heavy atom. The fraction of sp³-hybridized carbons (Fsp3) is 0.739. The van der Waals surface area contributed by atoms with Gasteiger partial charge in [0.15, 0.2) is 5.13 Å². The Morgan fingerprint density at radius 3 is 2.48 bits per heavy atom. The molecule has 2 rings (SSSR count). The van der Waals surface area contributed by atoms with Crippen molar-refractivity contribution in [1.82, 2.24) is 4.98 Å². The summed E-state index contributed by atoms with van der Waals surface area (Å²) < 4.78 is 0. The van der Waals surface area contributed by atoms with Crippen molar-refractivity contribution < 1.29 is 14.4 Å². The maximum Gasteiger partial charge on any atom is 0.226 e. The van der Waals surface area contributed by atoms with Gasteiger partial charge in [-0.15, -0.1) is 11.3 Å². The third-order valence-electron chi connectivity index (χ3n) is 5.69. The summed E-state index contributed by atoms with van der Waals surface area (Å²) >= 11 is 1.60. The van der Waals surface area contributed by atoms with Gasteiger partial charge in [0.1, 0.15) is 11.6 Å². The lowest BCUT2D eigenvalue weighted by Crippen LogP contribution is -2.14. The first-order valence-corrected chi connectivity index (χ1v) is 12.1. The van der Waals surface area contributed by atoms with Gasteiger partial charge in [-0.05, 0) is 38.0 Å². The van der Waals surface area contributed by atoms with Gasteiger partial charge in [0.05, 0.1) is 5.69 Å². The highest BCUT2D eigenvalue weighted by atomic mass is 32.1. The molecule has 0 saturated carbocycles. The van der Waals surface area contributed by atoms with Crippen molar-refractivity contribution in [3.63, 3.8) is 0 Å². The summed E-state index contributed by atoms with van der Waals surface area (Å²) in [5, 5.41) is 3.57. The van der Waals surface area contributed by atoms with E-state index in [0.29, 0.717) is 24.4 Å². The van der Waals surface area contributed by atoms with E-state index in [-0.39, 0.29) is 30.3 Å². The van der Waals surface area contributed by atoms with Crippen LogP contribution in [0.5, 0.6) is 0 Å². The smallest absolute Gasteiger partial charge is 0.226 e. The highest BCUT2D eigenvalue weighted by molar-refractivity contribution is 7.15. The van der Waals surface area contributed by atoms with Crippen LogP contribution in [0.15, 0.2) is 0 Å². The Balaban J connectivity index is 1.64. The molecule has 29 heavy (non-hydrogen) atoms. The van der Waals surface area contributed by atoms with Gasteiger partial charge in [-0.25, -0.2) is 4.98 Å². The van der Waals surface area contributed by atoms with E-state index < -0.39 is 0 Å². The fourth-order valence-corrected chi connectivity index (χ4v) is 4.93. The molecular weight excluding hydrogens is 384 g/mol. The topological polar surface area (TPSA) is 76.1 Å². The molecule has 0 unspecified atom stereocenters. The Bertz CT molecular complexity index is 684. The molecule has 6 heteroatoms. The van der Waals surface area contributed by atoms with Crippen LogP contribution in [0.3, 0.4) is 0 Å². The maximum absolute atomic E-state index is 12.2. The Morgan fingerprint density at radius 2 is 1.76 bits per heavy atom. The summed E-state index contributed by atoms with van der Waals surface area (Å²) in [4.78, 5) is 41.3. The first-order valence-electron chi connectivity index (χ1n) is 11.3. The minimum absolute atomic E-state index is 0.124. The molecule has 1 atom stereocenters. The zero-order valence-electron chi connectivity index (χ0n) is 18.1. The zero-order chi connectivity index (χ0) is 21.1.